The summed E-state index contributed by atoms with van der Waals surface area (Å²) in [6.07, 6.45) is 0. The van der Waals surface area contributed by atoms with Crippen molar-refractivity contribution >= 4 is 57.3 Å². The van der Waals surface area contributed by atoms with Crippen LogP contribution in [0.4, 0.5) is 5.13 Å². The van der Waals surface area contributed by atoms with Crippen molar-refractivity contribution in [2.24, 2.45) is 0 Å². The fourth-order valence-electron chi connectivity index (χ4n) is 2.18. The number of halogens is 2. The third kappa shape index (κ3) is 4.55. The predicted octanol–water partition coefficient (Wildman–Crippen LogP) is 6.48. The van der Waals surface area contributed by atoms with Gasteiger partial charge in [-0.2, -0.15) is 0 Å². The highest BCUT2D eigenvalue weighted by atomic mass is 35.5. The molecule has 0 saturated carbocycles. The smallest absolute Gasteiger partial charge is 0.257 e. The van der Waals surface area contributed by atoms with Crippen molar-refractivity contribution in [1.29, 1.82) is 0 Å². The highest BCUT2D eigenvalue weighted by Crippen LogP contribution is 2.30. The van der Waals surface area contributed by atoms with Gasteiger partial charge in [0.25, 0.3) is 5.91 Å². The van der Waals surface area contributed by atoms with E-state index in [1.54, 1.807) is 30.0 Å². The van der Waals surface area contributed by atoms with E-state index in [2.05, 4.69) is 17.2 Å². The number of benzene rings is 2. The quantitative estimate of drug-likeness (QED) is 0.491. The highest BCUT2D eigenvalue weighted by Gasteiger charge is 2.11. The number of hydrogen-bond donors (Lipinski definition) is 1. The van der Waals surface area contributed by atoms with Gasteiger partial charge in [0, 0.05) is 21.4 Å². The molecule has 1 N–H and O–H groups in total. The Kier molecular flexibility index (Phi) is 6.02. The summed E-state index contributed by atoms with van der Waals surface area (Å²) in [6, 6.07) is 12.9. The van der Waals surface area contributed by atoms with Crippen molar-refractivity contribution < 1.29 is 4.79 Å². The molecule has 25 heavy (non-hydrogen) atoms. The summed E-state index contributed by atoms with van der Waals surface area (Å²) in [6.45, 7) is 2.08. The molecule has 3 aromatic rings. The van der Waals surface area contributed by atoms with Gasteiger partial charge in [0.2, 0.25) is 0 Å². The molecule has 0 saturated heterocycles. The van der Waals surface area contributed by atoms with Crippen LogP contribution in [0, 0.1) is 0 Å². The largest absolute Gasteiger partial charge is 0.298 e. The van der Waals surface area contributed by atoms with E-state index in [1.165, 1.54) is 11.3 Å². The average molecular weight is 409 g/mol. The Balaban J connectivity index is 1.75. The maximum absolute atomic E-state index is 12.4. The van der Waals surface area contributed by atoms with Crippen molar-refractivity contribution in [1.82, 2.24) is 4.98 Å². The second-order valence-corrected chi connectivity index (χ2v) is 8.09. The van der Waals surface area contributed by atoms with Gasteiger partial charge < -0.3 is 0 Å². The standard InChI is InChI=1S/C18H14Cl2N2OS2/c1-2-24-13-5-3-4-12(8-13)17(23)22-18-21-16(10-25-18)11-6-7-14(19)15(20)9-11/h3-10H,2H2,1H3,(H,21,22,23). The van der Waals surface area contributed by atoms with Gasteiger partial charge in [0.15, 0.2) is 5.13 Å². The van der Waals surface area contributed by atoms with Crippen LogP contribution in [0.3, 0.4) is 0 Å². The van der Waals surface area contributed by atoms with E-state index in [-0.39, 0.29) is 5.91 Å². The predicted molar refractivity (Wildman–Crippen MR) is 108 cm³/mol. The van der Waals surface area contributed by atoms with Crippen molar-refractivity contribution in [2.45, 2.75) is 11.8 Å². The Labute approximate surface area is 164 Å². The lowest BCUT2D eigenvalue weighted by atomic mass is 10.2. The summed E-state index contributed by atoms with van der Waals surface area (Å²) >= 11 is 15.1. The summed E-state index contributed by atoms with van der Waals surface area (Å²) in [7, 11) is 0. The van der Waals surface area contributed by atoms with E-state index in [1.807, 2.05) is 29.6 Å². The molecule has 0 aliphatic rings. The van der Waals surface area contributed by atoms with E-state index in [4.69, 9.17) is 23.2 Å². The Morgan fingerprint density at radius 2 is 2.04 bits per heavy atom. The molecule has 1 aromatic heterocycles. The topological polar surface area (TPSA) is 42.0 Å². The average Bonchev–Trinajstić information content (AvgIpc) is 3.06. The molecule has 0 unspecified atom stereocenters. The summed E-state index contributed by atoms with van der Waals surface area (Å²) in [5.74, 6) is 0.790. The molecule has 0 atom stereocenters. The summed E-state index contributed by atoms with van der Waals surface area (Å²) in [4.78, 5) is 18.0. The first-order valence-electron chi connectivity index (χ1n) is 7.52. The van der Waals surface area contributed by atoms with E-state index < -0.39 is 0 Å². The second-order valence-electron chi connectivity index (χ2n) is 5.08. The van der Waals surface area contributed by atoms with Crippen LogP contribution >= 0.6 is 46.3 Å². The molecule has 0 aliphatic carbocycles. The minimum Gasteiger partial charge on any atom is -0.298 e. The van der Waals surface area contributed by atoms with Crippen molar-refractivity contribution in [2.75, 3.05) is 11.1 Å². The van der Waals surface area contributed by atoms with Gasteiger partial charge >= 0.3 is 0 Å². The Hall–Kier alpha value is -1.53. The number of carbonyl (C=O) groups excluding carboxylic acids is 1. The molecular formula is C18H14Cl2N2OS2. The first kappa shape index (κ1) is 18.3. The first-order valence-corrected chi connectivity index (χ1v) is 10.1. The molecule has 2 aromatic carbocycles. The Bertz CT molecular complexity index is 912. The SMILES string of the molecule is CCSc1cccc(C(=O)Nc2nc(-c3ccc(Cl)c(Cl)c3)cs2)c1. The van der Waals surface area contributed by atoms with Crippen molar-refractivity contribution in [3.63, 3.8) is 0 Å². The molecule has 0 aliphatic heterocycles. The van der Waals surface area contributed by atoms with E-state index in [0.29, 0.717) is 20.7 Å². The minimum absolute atomic E-state index is 0.173. The maximum Gasteiger partial charge on any atom is 0.257 e. The first-order chi connectivity index (χ1) is 12.1. The zero-order valence-corrected chi connectivity index (χ0v) is 16.4. The van der Waals surface area contributed by atoms with Gasteiger partial charge in [-0.1, -0.05) is 42.3 Å². The van der Waals surface area contributed by atoms with Gasteiger partial charge in [-0.15, -0.1) is 23.1 Å². The van der Waals surface area contributed by atoms with Crippen molar-refractivity contribution in [3.8, 4) is 11.3 Å². The fourth-order valence-corrected chi connectivity index (χ4v) is 3.91. The van der Waals surface area contributed by atoms with Crippen LogP contribution in [-0.4, -0.2) is 16.6 Å². The number of rotatable bonds is 5. The van der Waals surface area contributed by atoms with E-state index in [0.717, 1.165) is 21.9 Å². The molecule has 0 bridgehead atoms. The lowest BCUT2D eigenvalue weighted by Crippen LogP contribution is -2.11. The van der Waals surface area contributed by atoms with Gasteiger partial charge in [-0.25, -0.2) is 4.98 Å². The van der Waals surface area contributed by atoms with Crippen LogP contribution in [0.15, 0.2) is 52.7 Å². The molecule has 0 spiro atoms. The van der Waals surface area contributed by atoms with Crippen LogP contribution in [0.1, 0.15) is 17.3 Å². The third-order valence-electron chi connectivity index (χ3n) is 3.35. The van der Waals surface area contributed by atoms with Crippen LogP contribution in [0.25, 0.3) is 11.3 Å². The zero-order valence-electron chi connectivity index (χ0n) is 13.3. The number of anilines is 1. The van der Waals surface area contributed by atoms with Gasteiger partial charge in [0.1, 0.15) is 0 Å². The van der Waals surface area contributed by atoms with Gasteiger partial charge in [-0.05, 0) is 36.1 Å². The van der Waals surface area contributed by atoms with Crippen LogP contribution in [0.2, 0.25) is 10.0 Å². The summed E-state index contributed by atoms with van der Waals surface area (Å²) < 4.78 is 0. The summed E-state index contributed by atoms with van der Waals surface area (Å²) in [5, 5.41) is 6.23. The van der Waals surface area contributed by atoms with E-state index in [9.17, 15) is 4.79 Å². The van der Waals surface area contributed by atoms with Crippen molar-refractivity contribution in [3.05, 3.63) is 63.5 Å². The second kappa shape index (κ2) is 8.23. The lowest BCUT2D eigenvalue weighted by molar-refractivity contribution is 0.102. The molecule has 0 fully saturated rings. The van der Waals surface area contributed by atoms with Gasteiger partial charge in [0.05, 0.1) is 15.7 Å². The third-order valence-corrected chi connectivity index (χ3v) is 5.72. The molecule has 1 heterocycles. The number of amides is 1. The number of carbonyl (C=O) groups is 1. The molecular weight excluding hydrogens is 395 g/mol. The number of hydrogen-bond acceptors (Lipinski definition) is 4. The number of aromatic nitrogens is 1. The number of thioether (sulfide) groups is 1. The molecule has 1 amide bonds. The van der Waals surface area contributed by atoms with Gasteiger partial charge in [-0.3, -0.25) is 10.1 Å². The molecule has 0 radical (unpaired) electrons. The van der Waals surface area contributed by atoms with E-state index >= 15 is 0 Å². The minimum atomic E-state index is -0.173. The monoisotopic (exact) mass is 408 g/mol. The summed E-state index contributed by atoms with van der Waals surface area (Å²) in [5.41, 5.74) is 2.21. The Morgan fingerprint density at radius 1 is 1.20 bits per heavy atom. The maximum atomic E-state index is 12.4. The van der Waals surface area contributed by atoms with Crippen LogP contribution < -0.4 is 5.32 Å². The fraction of sp³-hybridized carbons (Fsp3) is 0.111. The molecule has 128 valence electrons. The van der Waals surface area contributed by atoms with Crippen LogP contribution in [-0.2, 0) is 0 Å². The lowest BCUT2D eigenvalue weighted by Gasteiger charge is -2.04. The van der Waals surface area contributed by atoms with Crippen LogP contribution in [0.5, 0.6) is 0 Å². The Morgan fingerprint density at radius 3 is 2.80 bits per heavy atom. The number of nitrogens with one attached hydrogen (secondary N) is 1. The molecule has 3 nitrogen and oxygen atoms in total. The highest BCUT2D eigenvalue weighted by molar-refractivity contribution is 7.99. The number of thiazole rings is 1. The molecule has 7 heteroatoms. The zero-order chi connectivity index (χ0) is 17.8. The number of nitrogens with zero attached hydrogens (tertiary/aromatic N) is 1. The molecule has 3 rings (SSSR count). The normalized spacial score (nSPS) is 10.7.